The fourth-order valence-corrected chi connectivity index (χ4v) is 1.60. The van der Waals surface area contributed by atoms with Gasteiger partial charge in [0.05, 0.1) is 6.20 Å². The second-order valence-electron chi connectivity index (χ2n) is 3.83. The van der Waals surface area contributed by atoms with Crippen molar-refractivity contribution in [3.63, 3.8) is 0 Å². The number of nitrogens with two attached hydrogens (primary N) is 1. The molecule has 92 valence electrons. The van der Waals surface area contributed by atoms with Gasteiger partial charge in [-0.05, 0) is 13.3 Å². The number of aromatic nitrogens is 3. The number of hydrogen-bond acceptors (Lipinski definition) is 6. The highest BCUT2D eigenvalue weighted by Crippen LogP contribution is 2.17. The van der Waals surface area contributed by atoms with Gasteiger partial charge >= 0.3 is 0 Å². The van der Waals surface area contributed by atoms with Crippen LogP contribution in [0.3, 0.4) is 0 Å². The van der Waals surface area contributed by atoms with E-state index in [0.717, 1.165) is 5.65 Å². The number of fused-ring (bicyclic) bond motifs is 1. The average Bonchev–Trinajstić information content (AvgIpc) is 2.77. The zero-order valence-electron chi connectivity index (χ0n) is 9.59. The average molecular weight is 236 g/mol. The Labute approximate surface area is 98.7 Å². The predicted molar refractivity (Wildman–Crippen MR) is 65.6 cm³/mol. The van der Waals surface area contributed by atoms with Gasteiger partial charge < -0.3 is 20.2 Å². The fraction of sp³-hybridized carbons (Fsp3) is 0.400. The smallest absolute Gasteiger partial charge is 0.180 e. The molecular weight excluding hydrogens is 220 g/mol. The Morgan fingerprint density at radius 3 is 3.12 bits per heavy atom. The van der Waals surface area contributed by atoms with Crippen LogP contribution in [0.2, 0.25) is 0 Å². The fourth-order valence-electron chi connectivity index (χ4n) is 1.60. The summed E-state index contributed by atoms with van der Waals surface area (Å²) in [6, 6.07) is 0.112. The molecule has 0 aromatic carbocycles. The summed E-state index contributed by atoms with van der Waals surface area (Å²) >= 11 is 0. The molecule has 5 N–H and O–H groups in total. The monoisotopic (exact) mass is 236 g/mol. The van der Waals surface area contributed by atoms with Crippen LogP contribution in [0.4, 0.5) is 11.6 Å². The van der Waals surface area contributed by atoms with E-state index >= 15 is 0 Å². The van der Waals surface area contributed by atoms with Crippen molar-refractivity contribution < 1.29 is 5.11 Å². The summed E-state index contributed by atoms with van der Waals surface area (Å²) in [5.74, 6) is 6.55. The lowest BCUT2D eigenvalue weighted by Crippen LogP contribution is -2.19. The summed E-state index contributed by atoms with van der Waals surface area (Å²) < 4.78 is 1.83. The maximum Gasteiger partial charge on any atom is 0.180 e. The highest BCUT2D eigenvalue weighted by atomic mass is 16.3. The van der Waals surface area contributed by atoms with E-state index < -0.39 is 0 Å². The van der Waals surface area contributed by atoms with E-state index in [1.807, 2.05) is 17.5 Å². The Bertz CT molecular complexity index is 497. The zero-order chi connectivity index (χ0) is 12.3. The molecule has 0 aliphatic rings. The molecule has 0 saturated heterocycles. The number of hydrogen-bond donors (Lipinski definition) is 4. The van der Waals surface area contributed by atoms with Crippen molar-refractivity contribution in [1.29, 1.82) is 0 Å². The Kier molecular flexibility index (Phi) is 3.40. The molecule has 0 radical (unpaired) electrons. The van der Waals surface area contributed by atoms with Crippen LogP contribution in [0.25, 0.3) is 5.65 Å². The lowest BCUT2D eigenvalue weighted by atomic mass is 10.2. The highest BCUT2D eigenvalue weighted by Gasteiger charge is 2.09. The minimum Gasteiger partial charge on any atom is -0.396 e. The largest absolute Gasteiger partial charge is 0.396 e. The number of hydrazine groups is 1. The number of nitrogens with zero attached hydrogens (tertiary/aromatic N) is 3. The molecule has 2 aromatic rings. The van der Waals surface area contributed by atoms with Crippen molar-refractivity contribution in [2.45, 2.75) is 19.4 Å². The molecule has 2 rings (SSSR count). The lowest BCUT2D eigenvalue weighted by molar-refractivity contribution is 0.282. The topological polar surface area (TPSA) is 100 Å². The van der Waals surface area contributed by atoms with Gasteiger partial charge in [0.2, 0.25) is 0 Å². The van der Waals surface area contributed by atoms with Crippen molar-refractivity contribution in [2.75, 3.05) is 17.3 Å². The Hall–Kier alpha value is -1.86. The summed E-state index contributed by atoms with van der Waals surface area (Å²) in [5, 5.41) is 12.1. The molecule has 17 heavy (non-hydrogen) atoms. The van der Waals surface area contributed by atoms with Crippen LogP contribution in [0.1, 0.15) is 13.3 Å². The van der Waals surface area contributed by atoms with Gasteiger partial charge in [0.1, 0.15) is 0 Å². The number of nitrogens with one attached hydrogen (secondary N) is 2. The minimum absolute atomic E-state index is 0.112. The van der Waals surface area contributed by atoms with Crippen LogP contribution in [-0.2, 0) is 0 Å². The molecular formula is C10H16N6O. The van der Waals surface area contributed by atoms with Gasteiger partial charge in [-0.1, -0.05) is 0 Å². The van der Waals surface area contributed by atoms with E-state index in [0.29, 0.717) is 18.1 Å². The van der Waals surface area contributed by atoms with E-state index in [4.69, 9.17) is 10.9 Å². The quantitative estimate of drug-likeness (QED) is 0.437. The highest BCUT2D eigenvalue weighted by molar-refractivity contribution is 5.65. The first-order chi connectivity index (χ1) is 8.24. The van der Waals surface area contributed by atoms with Crippen molar-refractivity contribution in [3.05, 3.63) is 18.6 Å². The number of aliphatic hydroxyl groups is 1. The molecule has 7 heteroatoms. The SMILES string of the molecule is CC(CCO)Nc1nc(NN)cn2ccnc12. The number of anilines is 2. The van der Waals surface area contributed by atoms with Crippen LogP contribution in [-0.4, -0.2) is 32.1 Å². The molecule has 2 aromatic heterocycles. The third-order valence-electron chi connectivity index (χ3n) is 2.47. The van der Waals surface area contributed by atoms with Crippen LogP contribution in [0.15, 0.2) is 18.6 Å². The second-order valence-corrected chi connectivity index (χ2v) is 3.83. The van der Waals surface area contributed by atoms with Gasteiger partial charge in [-0.15, -0.1) is 0 Å². The number of aliphatic hydroxyl groups excluding tert-OH is 1. The maximum atomic E-state index is 8.88. The minimum atomic E-state index is 0.112. The summed E-state index contributed by atoms with van der Waals surface area (Å²) in [6.07, 6.45) is 5.91. The summed E-state index contributed by atoms with van der Waals surface area (Å²) in [5.41, 5.74) is 3.24. The van der Waals surface area contributed by atoms with Gasteiger partial charge in [-0.25, -0.2) is 15.8 Å². The molecule has 7 nitrogen and oxygen atoms in total. The predicted octanol–water partition coefficient (Wildman–Crippen LogP) is 0.198. The first-order valence-corrected chi connectivity index (χ1v) is 5.42. The molecule has 0 aliphatic heterocycles. The van der Waals surface area contributed by atoms with Gasteiger partial charge in [0.25, 0.3) is 0 Å². The molecule has 0 saturated carbocycles. The van der Waals surface area contributed by atoms with E-state index in [1.54, 1.807) is 12.4 Å². The first kappa shape index (κ1) is 11.6. The van der Waals surface area contributed by atoms with Crippen LogP contribution >= 0.6 is 0 Å². The lowest BCUT2D eigenvalue weighted by Gasteiger charge is -2.14. The second kappa shape index (κ2) is 4.98. The van der Waals surface area contributed by atoms with Gasteiger partial charge in [0, 0.05) is 25.0 Å². The molecule has 0 amide bonds. The third kappa shape index (κ3) is 2.45. The van der Waals surface area contributed by atoms with Gasteiger partial charge in [-0.3, -0.25) is 0 Å². The standard InChI is InChI=1S/C10H16N6O/c1-7(2-5-17)13-9-10-12-3-4-16(10)6-8(14-9)15-11/h3-4,6-7,15,17H,2,5,11H2,1H3,(H,13,14). The van der Waals surface area contributed by atoms with Gasteiger partial charge in [0.15, 0.2) is 17.3 Å². The summed E-state index contributed by atoms with van der Waals surface area (Å²) in [6.45, 7) is 2.10. The van der Waals surface area contributed by atoms with Crippen LogP contribution < -0.4 is 16.6 Å². The summed E-state index contributed by atoms with van der Waals surface area (Å²) in [4.78, 5) is 8.52. The normalized spacial score (nSPS) is 12.6. The maximum absolute atomic E-state index is 8.88. The van der Waals surface area contributed by atoms with E-state index in [1.165, 1.54) is 0 Å². The van der Waals surface area contributed by atoms with Crippen molar-refractivity contribution in [3.8, 4) is 0 Å². The molecule has 0 bridgehead atoms. The third-order valence-corrected chi connectivity index (χ3v) is 2.47. The zero-order valence-corrected chi connectivity index (χ0v) is 9.59. The molecule has 1 unspecified atom stereocenters. The number of rotatable bonds is 5. The van der Waals surface area contributed by atoms with E-state index in [2.05, 4.69) is 20.7 Å². The number of imidazole rings is 1. The Morgan fingerprint density at radius 1 is 1.59 bits per heavy atom. The number of nitrogen functional groups attached to an aromatic ring is 1. The Balaban J connectivity index is 2.33. The molecule has 0 spiro atoms. The van der Waals surface area contributed by atoms with Crippen LogP contribution in [0.5, 0.6) is 0 Å². The molecule has 0 fully saturated rings. The van der Waals surface area contributed by atoms with Crippen molar-refractivity contribution in [1.82, 2.24) is 14.4 Å². The molecule has 2 heterocycles. The molecule has 1 atom stereocenters. The first-order valence-electron chi connectivity index (χ1n) is 5.42. The van der Waals surface area contributed by atoms with Crippen molar-refractivity contribution in [2.24, 2.45) is 5.84 Å². The van der Waals surface area contributed by atoms with Gasteiger partial charge in [-0.2, -0.15) is 0 Å². The summed E-state index contributed by atoms with van der Waals surface area (Å²) in [7, 11) is 0. The van der Waals surface area contributed by atoms with E-state index in [9.17, 15) is 0 Å². The Morgan fingerprint density at radius 2 is 2.41 bits per heavy atom. The van der Waals surface area contributed by atoms with Crippen molar-refractivity contribution >= 4 is 17.3 Å². The van der Waals surface area contributed by atoms with E-state index in [-0.39, 0.29) is 12.6 Å². The van der Waals surface area contributed by atoms with Crippen LogP contribution in [0, 0.1) is 0 Å². The molecule has 0 aliphatic carbocycles.